The zero-order valence-corrected chi connectivity index (χ0v) is 9.95. The lowest BCUT2D eigenvalue weighted by molar-refractivity contribution is -0.887. The summed E-state index contributed by atoms with van der Waals surface area (Å²) >= 11 is 4.15. The third-order valence-electron chi connectivity index (χ3n) is 2.31. The minimum absolute atomic E-state index is 0.363. The van der Waals surface area contributed by atoms with Crippen molar-refractivity contribution in [1.29, 1.82) is 0 Å². The van der Waals surface area contributed by atoms with Gasteiger partial charge in [0.05, 0.1) is 39.6 Å². The number of nitrogens with one attached hydrogen (secondary N) is 1. The molecule has 5 nitrogen and oxygen atoms in total. The van der Waals surface area contributed by atoms with Gasteiger partial charge in [0.1, 0.15) is 5.03 Å². The molecule has 0 aromatic carbocycles. The molecule has 1 atom stereocenters. The van der Waals surface area contributed by atoms with Crippen molar-refractivity contribution in [3.63, 3.8) is 0 Å². The van der Waals surface area contributed by atoms with Gasteiger partial charge in [-0.05, 0) is 0 Å². The molecule has 0 fully saturated rings. The predicted molar refractivity (Wildman–Crippen MR) is 59.0 cm³/mol. The summed E-state index contributed by atoms with van der Waals surface area (Å²) in [5.41, 5.74) is 0.763. The Hall–Kier alpha value is -1.01. The molecular weight excluding hydrogens is 214 g/mol. The van der Waals surface area contributed by atoms with E-state index in [2.05, 4.69) is 22.6 Å². The molecule has 1 aromatic heterocycles. The predicted octanol–water partition coefficient (Wildman–Crippen LogP) is 0.400. The molecule has 0 aliphatic carbocycles. The number of aliphatic carboxylic acids is 1. The zero-order valence-electron chi connectivity index (χ0n) is 9.06. The third-order valence-corrected chi connectivity index (χ3v) is 2.70. The van der Waals surface area contributed by atoms with Crippen molar-refractivity contribution < 1.29 is 14.4 Å². The smallest absolute Gasteiger partial charge is 0.362 e. The van der Waals surface area contributed by atoms with Crippen molar-refractivity contribution in [2.24, 2.45) is 0 Å². The van der Waals surface area contributed by atoms with Gasteiger partial charge in [0.25, 0.3) is 0 Å². The summed E-state index contributed by atoms with van der Waals surface area (Å²) in [6.07, 6.45) is 1.92. The lowest BCUT2D eigenvalue weighted by Gasteiger charge is -2.30. The van der Waals surface area contributed by atoms with E-state index < -0.39 is 12.0 Å². The number of carbonyl (C=O) groups is 1. The summed E-state index contributed by atoms with van der Waals surface area (Å²) in [5, 5.41) is 9.69. The van der Waals surface area contributed by atoms with Crippen molar-refractivity contribution in [3.05, 3.63) is 12.0 Å². The van der Waals surface area contributed by atoms with E-state index >= 15 is 0 Å². The highest BCUT2D eigenvalue weighted by Gasteiger charge is 2.32. The summed E-state index contributed by atoms with van der Waals surface area (Å²) in [6.45, 7) is 0. The van der Waals surface area contributed by atoms with Gasteiger partial charge in [0.15, 0.2) is 6.04 Å². The number of nitrogens with zero attached hydrogens (tertiary/aromatic N) is 2. The molecule has 0 bridgehead atoms. The fourth-order valence-electron chi connectivity index (χ4n) is 1.35. The Balaban J connectivity index is 2.86. The number of hydrogen-bond donors (Lipinski definition) is 3. The van der Waals surface area contributed by atoms with E-state index in [0.717, 1.165) is 5.69 Å². The molecule has 2 N–H and O–H groups in total. The van der Waals surface area contributed by atoms with Gasteiger partial charge < -0.3 is 14.6 Å². The van der Waals surface area contributed by atoms with E-state index in [1.54, 1.807) is 0 Å². The Morgan fingerprint density at radius 1 is 1.67 bits per heavy atom. The fourth-order valence-corrected chi connectivity index (χ4v) is 1.56. The van der Waals surface area contributed by atoms with Gasteiger partial charge >= 0.3 is 5.97 Å². The standard InChI is InChI=1S/C9H15N3O2S/c1-12(2,3)7(9(13)14)4-6-8(15)11-5-10-6/h5,7H,4H2,1-3H3,(H2-,10,11,13,14,15)/p+1/t7-/m0/s1. The number of quaternary nitrogens is 1. The number of carboxylic acid groups (broad SMARTS) is 1. The number of hydrogen-bond acceptors (Lipinski definition) is 3. The molecule has 0 saturated carbocycles. The van der Waals surface area contributed by atoms with Gasteiger partial charge in [-0.3, -0.25) is 0 Å². The Kier molecular flexibility index (Phi) is 3.41. The average molecular weight is 230 g/mol. The van der Waals surface area contributed by atoms with Crippen molar-refractivity contribution >= 4 is 18.6 Å². The summed E-state index contributed by atoms with van der Waals surface area (Å²) in [7, 11) is 5.56. The van der Waals surface area contributed by atoms with Gasteiger partial charge in [0, 0.05) is 0 Å². The minimum Gasteiger partial charge on any atom is -0.477 e. The average Bonchev–Trinajstić information content (AvgIpc) is 2.44. The van der Waals surface area contributed by atoms with Gasteiger partial charge in [-0.25, -0.2) is 9.78 Å². The Morgan fingerprint density at radius 3 is 2.60 bits per heavy atom. The molecule has 1 rings (SSSR count). The van der Waals surface area contributed by atoms with E-state index in [4.69, 9.17) is 5.11 Å². The molecule has 0 unspecified atom stereocenters. The number of likely N-dealkylation sites (N-methyl/N-ethyl adjacent to an activating group) is 1. The van der Waals surface area contributed by atoms with Crippen LogP contribution in [0.2, 0.25) is 0 Å². The minimum atomic E-state index is -0.815. The van der Waals surface area contributed by atoms with E-state index in [1.807, 2.05) is 21.1 Å². The maximum atomic E-state index is 11.1. The molecule has 0 aliphatic heterocycles. The molecule has 1 heterocycles. The molecule has 1 aromatic rings. The second kappa shape index (κ2) is 4.24. The maximum Gasteiger partial charge on any atom is 0.362 e. The number of H-pyrrole nitrogens is 1. The zero-order chi connectivity index (χ0) is 11.6. The first-order chi connectivity index (χ1) is 6.82. The lowest BCUT2D eigenvalue weighted by atomic mass is 10.1. The number of thiol groups is 1. The van der Waals surface area contributed by atoms with E-state index in [0.29, 0.717) is 15.9 Å². The largest absolute Gasteiger partial charge is 0.477 e. The first-order valence-electron chi connectivity index (χ1n) is 4.57. The molecule has 0 radical (unpaired) electrons. The number of aromatic nitrogens is 2. The number of carboxylic acids is 1. The fraction of sp³-hybridized carbons (Fsp3) is 0.556. The Labute approximate surface area is 94.1 Å². The van der Waals surface area contributed by atoms with Crippen LogP contribution in [0.4, 0.5) is 0 Å². The molecule has 0 amide bonds. The van der Waals surface area contributed by atoms with Crippen LogP contribution in [0.15, 0.2) is 11.4 Å². The first-order valence-corrected chi connectivity index (χ1v) is 5.02. The Morgan fingerprint density at radius 2 is 2.27 bits per heavy atom. The lowest BCUT2D eigenvalue weighted by Crippen LogP contribution is -2.51. The van der Waals surface area contributed by atoms with E-state index in [9.17, 15) is 4.79 Å². The van der Waals surface area contributed by atoms with Crippen molar-refractivity contribution in [2.75, 3.05) is 21.1 Å². The molecule has 0 saturated heterocycles. The quantitative estimate of drug-likeness (QED) is 0.518. The highest BCUT2D eigenvalue weighted by molar-refractivity contribution is 7.80. The summed E-state index contributed by atoms with van der Waals surface area (Å²) in [5.74, 6) is -0.815. The Bertz CT molecular complexity index is 356. The highest BCUT2D eigenvalue weighted by atomic mass is 32.1. The second-order valence-electron chi connectivity index (χ2n) is 4.38. The van der Waals surface area contributed by atoms with Crippen LogP contribution in [-0.2, 0) is 11.2 Å². The van der Waals surface area contributed by atoms with E-state index in [1.165, 1.54) is 6.33 Å². The van der Waals surface area contributed by atoms with Crippen LogP contribution in [0.1, 0.15) is 5.69 Å². The van der Waals surface area contributed by atoms with Gasteiger partial charge in [-0.1, -0.05) is 0 Å². The molecule has 0 aliphatic rings. The number of rotatable bonds is 4. The normalized spacial score (nSPS) is 13.9. The molecule has 6 heteroatoms. The van der Waals surface area contributed by atoms with Crippen LogP contribution < -0.4 is 0 Å². The molecule has 84 valence electrons. The SMILES string of the molecule is C[N+](C)(C)[C@@H](Cc1[nH]cnc1S)C(=O)O. The van der Waals surface area contributed by atoms with Crippen molar-refractivity contribution in [3.8, 4) is 0 Å². The summed E-state index contributed by atoms with van der Waals surface area (Å²) in [4.78, 5) is 17.9. The van der Waals surface area contributed by atoms with Gasteiger partial charge in [0.2, 0.25) is 0 Å². The summed E-state index contributed by atoms with van der Waals surface area (Å²) < 4.78 is 0.363. The number of aromatic amines is 1. The van der Waals surface area contributed by atoms with E-state index in [-0.39, 0.29) is 0 Å². The van der Waals surface area contributed by atoms with Crippen LogP contribution in [-0.4, -0.2) is 52.7 Å². The van der Waals surface area contributed by atoms with Crippen LogP contribution in [0.25, 0.3) is 0 Å². The maximum absolute atomic E-state index is 11.1. The highest BCUT2D eigenvalue weighted by Crippen LogP contribution is 2.14. The van der Waals surface area contributed by atoms with Crippen LogP contribution in [0, 0.1) is 0 Å². The molecule has 15 heavy (non-hydrogen) atoms. The molecular formula is C9H16N3O2S+. The monoisotopic (exact) mass is 230 g/mol. The van der Waals surface area contributed by atoms with Gasteiger partial charge in [-0.2, -0.15) is 0 Å². The van der Waals surface area contributed by atoms with Crippen LogP contribution in [0.3, 0.4) is 0 Å². The number of imidazole rings is 1. The van der Waals surface area contributed by atoms with Crippen molar-refractivity contribution in [2.45, 2.75) is 17.5 Å². The van der Waals surface area contributed by atoms with Crippen molar-refractivity contribution in [1.82, 2.24) is 9.97 Å². The van der Waals surface area contributed by atoms with Crippen LogP contribution in [0.5, 0.6) is 0 Å². The topological polar surface area (TPSA) is 66.0 Å². The van der Waals surface area contributed by atoms with Crippen LogP contribution >= 0.6 is 12.6 Å². The van der Waals surface area contributed by atoms with Gasteiger partial charge in [-0.15, -0.1) is 12.6 Å². The molecule has 0 spiro atoms. The first kappa shape index (κ1) is 12.1. The summed E-state index contributed by atoms with van der Waals surface area (Å²) in [6, 6.07) is -0.503. The third kappa shape index (κ3) is 2.97. The second-order valence-corrected chi connectivity index (χ2v) is 4.80.